The Bertz CT molecular complexity index is 1230. The fraction of sp³-hybridized carbons (Fsp3) is 0. The van der Waals surface area contributed by atoms with Crippen molar-refractivity contribution in [3.8, 4) is 0 Å². The van der Waals surface area contributed by atoms with Crippen molar-refractivity contribution < 1.29 is 0 Å². The van der Waals surface area contributed by atoms with E-state index < -0.39 is 17.6 Å². The van der Waals surface area contributed by atoms with Gasteiger partial charge in [0.15, 0.2) is 17.6 Å². The van der Waals surface area contributed by atoms with Gasteiger partial charge < -0.3 is 0 Å². The second-order valence-corrected chi connectivity index (χ2v) is 13.5. The highest BCUT2D eigenvalue weighted by molar-refractivity contribution is 7.30. The Morgan fingerprint density at radius 1 is 0.364 bits per heavy atom. The Morgan fingerprint density at radius 3 is 1.12 bits per heavy atom. The van der Waals surface area contributed by atoms with Crippen LogP contribution in [0.4, 0.5) is 0 Å². The van der Waals surface area contributed by atoms with Gasteiger partial charge in [0, 0.05) is 0 Å². The Labute approximate surface area is 202 Å². The molecule has 0 aliphatic rings. The van der Waals surface area contributed by atoms with E-state index in [9.17, 15) is 0 Å². The van der Waals surface area contributed by atoms with Gasteiger partial charge in [-0.2, -0.15) is 0 Å². The maximum absolute atomic E-state index is 3.05. The van der Waals surface area contributed by atoms with E-state index in [0.29, 0.717) is 0 Å². The molecule has 0 aromatic heterocycles. The molecule has 0 aliphatic carbocycles. The summed E-state index contributed by atoms with van der Waals surface area (Å²) in [5, 5.41) is 10.0. The van der Waals surface area contributed by atoms with Gasteiger partial charge in [-0.3, -0.25) is 0 Å². The molecule has 5 aromatic rings. The standard InChI is InChI=1S/C30H25PSi2/c31-28-22-13-23-29(32(24-14-5-1-6-15-24)25-16-7-2-8-17-25)30(28)33(26-18-9-3-10-19-26)27-20-11-4-12-21-27/h1-23H,31H2. The van der Waals surface area contributed by atoms with Gasteiger partial charge in [0.05, 0.1) is 0 Å². The molecule has 0 aliphatic heterocycles. The topological polar surface area (TPSA) is 0 Å². The first-order chi connectivity index (χ1) is 16.3. The first-order valence-corrected chi connectivity index (χ1v) is 14.8. The lowest BCUT2D eigenvalue weighted by Crippen LogP contribution is -2.67. The van der Waals surface area contributed by atoms with Crippen molar-refractivity contribution in [2.75, 3.05) is 0 Å². The van der Waals surface area contributed by atoms with E-state index in [1.54, 1.807) is 0 Å². The van der Waals surface area contributed by atoms with Crippen LogP contribution in [-0.4, -0.2) is 17.6 Å². The van der Waals surface area contributed by atoms with E-state index in [2.05, 4.69) is 149 Å². The molecule has 1 unspecified atom stereocenters. The molecule has 0 N–H and O–H groups in total. The lowest BCUT2D eigenvalue weighted by atomic mass is 10.3. The third-order valence-electron chi connectivity index (χ3n) is 5.87. The van der Waals surface area contributed by atoms with Crippen molar-refractivity contribution in [3.05, 3.63) is 140 Å². The quantitative estimate of drug-likeness (QED) is 0.202. The van der Waals surface area contributed by atoms with Gasteiger partial charge in [0.25, 0.3) is 0 Å². The summed E-state index contributed by atoms with van der Waals surface area (Å²) in [6.45, 7) is 0. The van der Waals surface area contributed by atoms with Gasteiger partial charge in [-0.15, -0.1) is 9.24 Å². The molecule has 33 heavy (non-hydrogen) atoms. The normalized spacial score (nSPS) is 11.1. The third-order valence-corrected chi connectivity index (χ3v) is 12.5. The number of rotatable bonds is 6. The Morgan fingerprint density at radius 2 is 0.727 bits per heavy atom. The predicted octanol–water partition coefficient (Wildman–Crippen LogP) is 2.22. The van der Waals surface area contributed by atoms with E-state index in [4.69, 9.17) is 0 Å². The molecule has 5 rings (SSSR count). The average Bonchev–Trinajstić information content (AvgIpc) is 2.89. The van der Waals surface area contributed by atoms with Crippen LogP contribution in [0.3, 0.4) is 0 Å². The minimum atomic E-state index is -1.19. The summed E-state index contributed by atoms with van der Waals surface area (Å²) in [4.78, 5) is 0. The molecule has 158 valence electrons. The molecule has 0 saturated heterocycles. The minimum absolute atomic E-state index is 1.18. The second kappa shape index (κ2) is 10.3. The van der Waals surface area contributed by atoms with Crippen LogP contribution in [-0.2, 0) is 0 Å². The lowest BCUT2D eigenvalue weighted by molar-refractivity contribution is 1.72. The molecule has 2 radical (unpaired) electrons. The predicted molar refractivity (Wildman–Crippen MR) is 151 cm³/mol. The van der Waals surface area contributed by atoms with Crippen molar-refractivity contribution >= 4 is 63.3 Å². The number of benzene rings is 5. The summed E-state index contributed by atoms with van der Waals surface area (Å²) in [5.41, 5.74) is 0. The fourth-order valence-corrected chi connectivity index (χ4v) is 11.4. The summed E-state index contributed by atoms with van der Waals surface area (Å²) >= 11 is 0. The summed E-state index contributed by atoms with van der Waals surface area (Å²) < 4.78 is 0. The van der Waals surface area contributed by atoms with E-state index in [1.807, 2.05) is 0 Å². The van der Waals surface area contributed by atoms with E-state index in [0.717, 1.165) is 0 Å². The molecular formula is C30H25PSi2. The van der Waals surface area contributed by atoms with Crippen molar-refractivity contribution in [3.63, 3.8) is 0 Å². The Balaban J connectivity index is 1.79. The van der Waals surface area contributed by atoms with Gasteiger partial charge in [0.1, 0.15) is 0 Å². The Hall–Kier alpha value is -3.04. The summed E-state index contributed by atoms with van der Waals surface area (Å²) in [6, 6.07) is 51.2. The van der Waals surface area contributed by atoms with Crippen molar-refractivity contribution in [2.24, 2.45) is 0 Å². The van der Waals surface area contributed by atoms with E-state index in [1.165, 1.54) is 36.4 Å². The molecule has 1 atom stereocenters. The van der Waals surface area contributed by atoms with Crippen LogP contribution >= 0.6 is 9.24 Å². The van der Waals surface area contributed by atoms with Crippen LogP contribution in [0.1, 0.15) is 0 Å². The van der Waals surface area contributed by atoms with Gasteiger partial charge in [-0.1, -0.05) is 165 Å². The van der Waals surface area contributed by atoms with Crippen LogP contribution < -0.4 is 36.4 Å². The summed E-state index contributed by atoms with van der Waals surface area (Å²) in [6.07, 6.45) is 0. The molecule has 0 bridgehead atoms. The van der Waals surface area contributed by atoms with E-state index in [-0.39, 0.29) is 0 Å². The maximum atomic E-state index is 3.05. The maximum Gasteiger partial charge on any atom is 0.155 e. The summed E-state index contributed by atoms with van der Waals surface area (Å²) in [7, 11) is 0.686. The van der Waals surface area contributed by atoms with Gasteiger partial charge >= 0.3 is 0 Å². The third kappa shape index (κ3) is 4.70. The average molecular weight is 473 g/mol. The molecule has 3 heteroatoms. The smallest absolute Gasteiger partial charge is 0.106 e. The molecule has 0 heterocycles. The van der Waals surface area contributed by atoms with Crippen LogP contribution in [0.15, 0.2) is 140 Å². The first kappa shape index (κ1) is 21.8. The highest BCUT2D eigenvalue weighted by atomic mass is 31.0. The number of hydrogen-bond donors (Lipinski definition) is 0. The van der Waals surface area contributed by atoms with Crippen molar-refractivity contribution in [1.29, 1.82) is 0 Å². The second-order valence-electron chi connectivity index (χ2n) is 7.98. The van der Waals surface area contributed by atoms with Crippen LogP contribution in [0.25, 0.3) is 0 Å². The van der Waals surface area contributed by atoms with Gasteiger partial charge in [-0.05, 0) is 10.5 Å². The molecule has 0 nitrogen and oxygen atoms in total. The van der Waals surface area contributed by atoms with E-state index >= 15 is 0 Å². The largest absolute Gasteiger partial charge is 0.155 e. The Kier molecular flexibility index (Phi) is 6.78. The molecule has 0 spiro atoms. The lowest BCUT2D eigenvalue weighted by Gasteiger charge is -2.26. The zero-order valence-corrected chi connectivity index (χ0v) is 21.5. The highest BCUT2D eigenvalue weighted by Crippen LogP contribution is 2.00. The molecule has 5 aromatic carbocycles. The SMILES string of the molecule is Pc1cccc([Si](c2ccccc2)c2ccccc2)c1[Si](c1ccccc1)c1ccccc1. The molecule has 0 saturated carbocycles. The molecule has 0 amide bonds. The monoisotopic (exact) mass is 472 g/mol. The van der Waals surface area contributed by atoms with Crippen molar-refractivity contribution in [1.82, 2.24) is 0 Å². The van der Waals surface area contributed by atoms with Crippen molar-refractivity contribution in [2.45, 2.75) is 0 Å². The number of hydrogen-bond acceptors (Lipinski definition) is 0. The van der Waals surface area contributed by atoms with Gasteiger partial charge in [0.2, 0.25) is 0 Å². The zero-order chi connectivity index (χ0) is 22.5. The first-order valence-electron chi connectivity index (χ1n) is 11.2. The zero-order valence-electron chi connectivity index (χ0n) is 18.4. The van der Waals surface area contributed by atoms with Crippen LogP contribution in [0, 0.1) is 0 Å². The summed E-state index contributed by atoms with van der Waals surface area (Å²) in [5.74, 6) is 0. The molecular weight excluding hydrogens is 447 g/mol. The minimum Gasteiger partial charge on any atom is -0.106 e. The van der Waals surface area contributed by atoms with Crippen LogP contribution in [0.2, 0.25) is 0 Å². The molecule has 0 fully saturated rings. The highest BCUT2D eigenvalue weighted by Gasteiger charge is 2.29. The fourth-order valence-electron chi connectivity index (χ4n) is 4.41. The van der Waals surface area contributed by atoms with Crippen LogP contribution in [0.5, 0.6) is 0 Å². The van der Waals surface area contributed by atoms with Gasteiger partial charge in [-0.25, -0.2) is 0 Å².